The Morgan fingerprint density at radius 1 is 1.48 bits per heavy atom. The van der Waals surface area contributed by atoms with Crippen LogP contribution >= 0.6 is 11.8 Å². The number of aromatic nitrogens is 4. The van der Waals surface area contributed by atoms with Crippen molar-refractivity contribution in [1.82, 2.24) is 19.6 Å². The molecule has 7 nitrogen and oxygen atoms in total. The Morgan fingerprint density at radius 3 is 3.29 bits per heavy atom. The van der Waals surface area contributed by atoms with Crippen LogP contribution in [0.25, 0.3) is 5.65 Å². The molecular formula is C13H17N5O2S. The fraction of sp³-hybridized carbons (Fsp3) is 0.538. The van der Waals surface area contributed by atoms with Gasteiger partial charge < -0.3 is 4.74 Å². The summed E-state index contributed by atoms with van der Waals surface area (Å²) in [5, 5.41) is 10.6. The SMILES string of the molecule is O=C(CSCC1CCCCO1)Nc1nnc2cnccn12. The van der Waals surface area contributed by atoms with Gasteiger partial charge in [0.25, 0.3) is 0 Å². The fourth-order valence-corrected chi connectivity index (χ4v) is 3.12. The zero-order valence-electron chi connectivity index (χ0n) is 11.6. The van der Waals surface area contributed by atoms with Crippen molar-refractivity contribution < 1.29 is 9.53 Å². The number of anilines is 1. The van der Waals surface area contributed by atoms with Crippen LogP contribution in [0.3, 0.4) is 0 Å². The van der Waals surface area contributed by atoms with E-state index >= 15 is 0 Å². The van der Waals surface area contributed by atoms with Crippen molar-refractivity contribution in [2.75, 3.05) is 23.4 Å². The maximum absolute atomic E-state index is 11.9. The molecular weight excluding hydrogens is 290 g/mol. The van der Waals surface area contributed by atoms with E-state index < -0.39 is 0 Å². The first-order chi connectivity index (χ1) is 10.3. The van der Waals surface area contributed by atoms with E-state index in [9.17, 15) is 4.79 Å². The number of nitrogens with zero attached hydrogens (tertiary/aromatic N) is 4. The van der Waals surface area contributed by atoms with Crippen molar-refractivity contribution in [3.8, 4) is 0 Å². The van der Waals surface area contributed by atoms with Gasteiger partial charge in [-0.2, -0.15) is 0 Å². The number of hydrogen-bond acceptors (Lipinski definition) is 6. The summed E-state index contributed by atoms with van der Waals surface area (Å²) in [4.78, 5) is 15.9. The molecule has 21 heavy (non-hydrogen) atoms. The Morgan fingerprint density at radius 2 is 2.43 bits per heavy atom. The van der Waals surface area contributed by atoms with Gasteiger partial charge in [-0.3, -0.25) is 19.5 Å². The van der Waals surface area contributed by atoms with Crippen molar-refractivity contribution >= 4 is 29.3 Å². The van der Waals surface area contributed by atoms with E-state index in [-0.39, 0.29) is 12.0 Å². The Hall–Kier alpha value is -1.67. The van der Waals surface area contributed by atoms with E-state index in [0.29, 0.717) is 17.3 Å². The molecule has 1 atom stereocenters. The molecule has 3 rings (SSSR count). The van der Waals surface area contributed by atoms with Gasteiger partial charge >= 0.3 is 0 Å². The predicted octanol–water partition coefficient (Wildman–Crippen LogP) is 1.37. The second-order valence-corrected chi connectivity index (χ2v) is 5.91. The first-order valence-corrected chi connectivity index (χ1v) is 8.12. The minimum absolute atomic E-state index is 0.0816. The summed E-state index contributed by atoms with van der Waals surface area (Å²) < 4.78 is 7.33. The zero-order chi connectivity index (χ0) is 14.5. The van der Waals surface area contributed by atoms with E-state index in [1.807, 2.05) is 0 Å². The summed E-state index contributed by atoms with van der Waals surface area (Å²) in [6.45, 7) is 0.844. The number of amides is 1. The van der Waals surface area contributed by atoms with Crippen LogP contribution in [0, 0.1) is 0 Å². The van der Waals surface area contributed by atoms with E-state index in [1.54, 1.807) is 34.8 Å². The number of ether oxygens (including phenoxy) is 1. The fourth-order valence-electron chi connectivity index (χ4n) is 2.22. The van der Waals surface area contributed by atoms with Crippen molar-refractivity contribution in [2.24, 2.45) is 0 Å². The van der Waals surface area contributed by atoms with Crippen LogP contribution in [0.2, 0.25) is 0 Å². The highest BCUT2D eigenvalue weighted by molar-refractivity contribution is 8.00. The van der Waals surface area contributed by atoms with Gasteiger partial charge in [-0.15, -0.1) is 22.0 Å². The topological polar surface area (TPSA) is 81.4 Å². The quantitative estimate of drug-likeness (QED) is 0.898. The van der Waals surface area contributed by atoms with Crippen LogP contribution in [0.1, 0.15) is 19.3 Å². The highest BCUT2D eigenvalue weighted by Gasteiger charge is 2.15. The summed E-state index contributed by atoms with van der Waals surface area (Å²) in [6.07, 6.45) is 8.69. The third kappa shape index (κ3) is 3.70. The van der Waals surface area contributed by atoms with Crippen molar-refractivity contribution in [3.05, 3.63) is 18.6 Å². The second kappa shape index (κ2) is 6.86. The predicted molar refractivity (Wildman–Crippen MR) is 80.3 cm³/mol. The molecule has 1 aliphatic heterocycles. The molecule has 1 N–H and O–H groups in total. The smallest absolute Gasteiger partial charge is 0.236 e. The highest BCUT2D eigenvalue weighted by atomic mass is 32.2. The van der Waals surface area contributed by atoms with Gasteiger partial charge in [-0.25, -0.2) is 0 Å². The number of carbonyl (C=O) groups is 1. The van der Waals surface area contributed by atoms with Gasteiger partial charge in [0.1, 0.15) is 0 Å². The summed E-state index contributed by atoms with van der Waals surface area (Å²) >= 11 is 1.59. The van der Waals surface area contributed by atoms with Crippen molar-refractivity contribution in [1.29, 1.82) is 0 Å². The molecule has 1 saturated heterocycles. The van der Waals surface area contributed by atoms with E-state index in [2.05, 4.69) is 20.5 Å². The second-order valence-electron chi connectivity index (χ2n) is 4.88. The molecule has 0 saturated carbocycles. The average Bonchev–Trinajstić information content (AvgIpc) is 2.92. The van der Waals surface area contributed by atoms with Gasteiger partial charge in [0.05, 0.1) is 18.1 Å². The number of fused-ring (bicyclic) bond motifs is 1. The molecule has 0 aromatic carbocycles. The van der Waals surface area contributed by atoms with Gasteiger partial charge in [0.15, 0.2) is 5.65 Å². The molecule has 0 bridgehead atoms. The Labute approximate surface area is 126 Å². The van der Waals surface area contributed by atoms with Crippen LogP contribution in [0.5, 0.6) is 0 Å². The standard InChI is InChI=1S/C13H17N5O2S/c19-12(9-21-8-10-3-1-2-6-20-10)15-13-17-16-11-7-14-4-5-18(11)13/h4-5,7,10H,1-3,6,8-9H2,(H,15,17,19). The molecule has 0 radical (unpaired) electrons. The minimum atomic E-state index is -0.0816. The Kier molecular flexibility index (Phi) is 4.66. The lowest BCUT2D eigenvalue weighted by Crippen LogP contribution is -2.23. The zero-order valence-corrected chi connectivity index (χ0v) is 12.4. The first-order valence-electron chi connectivity index (χ1n) is 6.97. The number of rotatable bonds is 5. The first kappa shape index (κ1) is 14.3. The lowest BCUT2D eigenvalue weighted by atomic mass is 10.1. The van der Waals surface area contributed by atoms with Crippen LogP contribution in [0.15, 0.2) is 18.6 Å². The van der Waals surface area contributed by atoms with Gasteiger partial charge in [-0.05, 0) is 19.3 Å². The van der Waals surface area contributed by atoms with Crippen LogP contribution in [0.4, 0.5) is 5.95 Å². The normalized spacial score (nSPS) is 18.8. The Bertz CT molecular complexity index is 611. The molecule has 1 fully saturated rings. The van der Waals surface area contributed by atoms with Gasteiger partial charge in [0.2, 0.25) is 11.9 Å². The molecule has 2 aromatic heterocycles. The van der Waals surface area contributed by atoms with Gasteiger partial charge in [-0.1, -0.05) is 0 Å². The number of hydrogen-bond donors (Lipinski definition) is 1. The molecule has 112 valence electrons. The van der Waals surface area contributed by atoms with Crippen LogP contribution in [-0.4, -0.2) is 49.7 Å². The van der Waals surface area contributed by atoms with Crippen molar-refractivity contribution in [3.63, 3.8) is 0 Å². The van der Waals surface area contributed by atoms with Crippen LogP contribution in [-0.2, 0) is 9.53 Å². The largest absolute Gasteiger partial charge is 0.377 e. The van der Waals surface area contributed by atoms with Crippen LogP contribution < -0.4 is 5.32 Å². The third-order valence-electron chi connectivity index (χ3n) is 3.28. The van der Waals surface area contributed by atoms with E-state index in [0.717, 1.165) is 25.2 Å². The molecule has 2 aromatic rings. The maximum Gasteiger partial charge on any atom is 0.236 e. The molecule has 8 heteroatoms. The summed E-state index contributed by atoms with van der Waals surface area (Å²) in [5.74, 6) is 1.59. The van der Waals surface area contributed by atoms with Crippen molar-refractivity contribution in [2.45, 2.75) is 25.4 Å². The average molecular weight is 307 g/mol. The lowest BCUT2D eigenvalue weighted by Gasteiger charge is -2.21. The number of nitrogens with one attached hydrogen (secondary N) is 1. The summed E-state index contributed by atoms with van der Waals surface area (Å²) in [6, 6.07) is 0. The maximum atomic E-state index is 11.9. The summed E-state index contributed by atoms with van der Waals surface area (Å²) in [7, 11) is 0. The van der Waals surface area contributed by atoms with Gasteiger partial charge in [0, 0.05) is 24.8 Å². The highest BCUT2D eigenvalue weighted by Crippen LogP contribution is 2.17. The molecule has 1 amide bonds. The van der Waals surface area contributed by atoms with E-state index in [1.165, 1.54) is 6.42 Å². The minimum Gasteiger partial charge on any atom is -0.377 e. The lowest BCUT2D eigenvalue weighted by molar-refractivity contribution is -0.113. The Balaban J connectivity index is 1.47. The molecule has 1 aliphatic rings. The molecule has 1 unspecified atom stereocenters. The molecule has 0 spiro atoms. The number of thioether (sulfide) groups is 1. The summed E-state index contributed by atoms with van der Waals surface area (Å²) in [5.41, 5.74) is 0.607. The monoisotopic (exact) mass is 307 g/mol. The number of carbonyl (C=O) groups excluding carboxylic acids is 1. The molecule has 0 aliphatic carbocycles. The molecule has 3 heterocycles. The third-order valence-corrected chi connectivity index (χ3v) is 4.35. The van der Waals surface area contributed by atoms with E-state index in [4.69, 9.17) is 4.74 Å².